The topological polar surface area (TPSA) is 125 Å². The molecule has 2 amide bonds. The molecule has 0 spiro atoms. The summed E-state index contributed by atoms with van der Waals surface area (Å²) in [6.07, 6.45) is 6.07. The lowest BCUT2D eigenvalue weighted by molar-refractivity contribution is -0.163. The average Bonchev–Trinajstić information content (AvgIpc) is 2.64. The van der Waals surface area contributed by atoms with Crippen LogP contribution in [0.2, 0.25) is 0 Å². The molecule has 0 radical (unpaired) electrons. The van der Waals surface area contributed by atoms with Gasteiger partial charge in [0.15, 0.2) is 5.92 Å². The van der Waals surface area contributed by atoms with E-state index in [-0.39, 0.29) is 5.91 Å². The second kappa shape index (κ2) is 7.72. The molecule has 0 aromatic rings. The van der Waals surface area contributed by atoms with Crippen molar-refractivity contribution in [1.82, 2.24) is 5.32 Å². The predicted octanol–water partition coefficient (Wildman–Crippen LogP) is 0.771. The minimum Gasteiger partial charge on any atom is -0.468 e. The molecule has 4 aliphatic rings. The van der Waals surface area contributed by atoms with E-state index in [4.69, 9.17) is 5.73 Å². The molecule has 0 heterocycles. The van der Waals surface area contributed by atoms with Crippen molar-refractivity contribution in [3.8, 4) is 0 Å². The van der Waals surface area contributed by atoms with E-state index in [0.29, 0.717) is 17.8 Å². The number of primary amides is 1. The minimum atomic E-state index is -1.34. The predicted molar refractivity (Wildman–Crippen MR) is 98.4 cm³/mol. The summed E-state index contributed by atoms with van der Waals surface area (Å²) in [6, 6.07) is -1.16. The van der Waals surface area contributed by atoms with Crippen LogP contribution in [-0.2, 0) is 28.7 Å². The molecule has 0 aromatic carbocycles. The lowest BCUT2D eigenvalue weighted by Crippen LogP contribution is -2.59. The third-order valence-electron chi connectivity index (χ3n) is 7.07. The molecule has 8 heteroatoms. The van der Waals surface area contributed by atoms with Gasteiger partial charge in [-0.2, -0.15) is 0 Å². The zero-order chi connectivity index (χ0) is 20.6. The lowest BCUT2D eigenvalue weighted by atomic mass is 9.49. The number of rotatable bonds is 7. The Bertz CT molecular complexity index is 624. The van der Waals surface area contributed by atoms with Gasteiger partial charge in [0.25, 0.3) is 0 Å². The number of hydrogen-bond donors (Lipinski definition) is 2. The molecule has 28 heavy (non-hydrogen) atoms. The molecule has 4 fully saturated rings. The Morgan fingerprint density at radius 1 is 0.929 bits per heavy atom. The van der Waals surface area contributed by atoms with Gasteiger partial charge >= 0.3 is 11.9 Å². The lowest BCUT2D eigenvalue weighted by Gasteiger charge is -2.55. The Labute approximate surface area is 164 Å². The molecule has 0 unspecified atom stereocenters. The highest BCUT2D eigenvalue weighted by Gasteiger charge is 2.55. The zero-order valence-electron chi connectivity index (χ0n) is 16.7. The number of esters is 2. The van der Waals surface area contributed by atoms with Crippen LogP contribution < -0.4 is 11.1 Å². The molecule has 2 atom stereocenters. The fraction of sp³-hybridized carbons (Fsp3) is 0.800. The molecule has 0 saturated heterocycles. The number of carbonyl (C=O) groups is 4. The first-order valence-corrected chi connectivity index (χ1v) is 9.96. The standard InChI is InChI=1S/C20H30N2O6/c1-10(14(17(24)27-2)18(25)28-3)15(16(21)23)22-19(26)20-7-11-4-12(8-20)6-13(5-11)9-20/h10-15H,4-9H2,1-3H3,(H2,21,23)(H,22,26)/t10-,11?,12?,13?,15+,20?/m0/s1. The number of carbonyl (C=O) groups excluding carboxylic acids is 4. The summed E-state index contributed by atoms with van der Waals surface area (Å²) < 4.78 is 9.37. The summed E-state index contributed by atoms with van der Waals surface area (Å²) in [4.78, 5) is 49.6. The molecular weight excluding hydrogens is 364 g/mol. The van der Waals surface area contributed by atoms with E-state index in [1.807, 2.05) is 0 Å². The maximum absolute atomic E-state index is 13.3. The molecule has 0 aliphatic heterocycles. The van der Waals surface area contributed by atoms with E-state index in [1.54, 1.807) is 0 Å². The van der Waals surface area contributed by atoms with E-state index in [2.05, 4.69) is 14.8 Å². The van der Waals surface area contributed by atoms with Gasteiger partial charge < -0.3 is 20.5 Å². The van der Waals surface area contributed by atoms with Gasteiger partial charge in [0, 0.05) is 11.3 Å². The van der Waals surface area contributed by atoms with Crippen molar-refractivity contribution in [3.05, 3.63) is 0 Å². The number of amides is 2. The summed E-state index contributed by atoms with van der Waals surface area (Å²) in [6.45, 7) is 1.52. The number of nitrogens with one attached hydrogen (secondary N) is 1. The van der Waals surface area contributed by atoms with Crippen molar-refractivity contribution in [2.24, 2.45) is 40.7 Å². The Balaban J connectivity index is 1.79. The first kappa shape index (κ1) is 20.6. The maximum Gasteiger partial charge on any atom is 0.320 e. The van der Waals surface area contributed by atoms with Crippen LogP contribution in [0.15, 0.2) is 0 Å². The monoisotopic (exact) mass is 394 g/mol. The molecule has 4 aliphatic carbocycles. The average molecular weight is 394 g/mol. The second-order valence-electron chi connectivity index (χ2n) is 8.93. The number of nitrogens with two attached hydrogens (primary N) is 1. The third-order valence-corrected chi connectivity index (χ3v) is 7.07. The fourth-order valence-corrected chi connectivity index (χ4v) is 6.12. The molecule has 3 N–H and O–H groups in total. The van der Waals surface area contributed by atoms with Crippen LogP contribution >= 0.6 is 0 Å². The van der Waals surface area contributed by atoms with Crippen molar-refractivity contribution in [2.45, 2.75) is 51.5 Å². The Morgan fingerprint density at radius 3 is 1.71 bits per heavy atom. The maximum atomic E-state index is 13.3. The summed E-state index contributed by atoms with van der Waals surface area (Å²) >= 11 is 0. The largest absolute Gasteiger partial charge is 0.468 e. The van der Waals surface area contributed by atoms with Crippen LogP contribution in [0.25, 0.3) is 0 Å². The molecule has 156 valence electrons. The SMILES string of the molecule is COC(=O)C(C(=O)OC)[C@H](C)[C@@H](NC(=O)C12CC3CC(CC(C3)C1)C2)C(N)=O. The van der Waals surface area contributed by atoms with Crippen LogP contribution in [-0.4, -0.2) is 44.0 Å². The highest BCUT2D eigenvalue weighted by molar-refractivity contribution is 5.97. The van der Waals surface area contributed by atoms with Gasteiger partial charge in [-0.05, 0) is 56.3 Å². The fourth-order valence-electron chi connectivity index (χ4n) is 6.12. The van der Waals surface area contributed by atoms with Crippen molar-refractivity contribution >= 4 is 23.8 Å². The molecule has 4 bridgehead atoms. The first-order valence-electron chi connectivity index (χ1n) is 9.96. The van der Waals surface area contributed by atoms with E-state index in [1.165, 1.54) is 26.2 Å². The summed E-state index contributed by atoms with van der Waals surface area (Å²) in [5, 5.41) is 2.78. The van der Waals surface area contributed by atoms with Gasteiger partial charge in [0.1, 0.15) is 6.04 Å². The molecular formula is C20H30N2O6. The Hall–Kier alpha value is -2.12. The summed E-state index contributed by atoms with van der Waals surface area (Å²) in [5.41, 5.74) is 5.08. The number of ether oxygens (including phenoxy) is 2. The molecule has 0 aromatic heterocycles. The van der Waals surface area contributed by atoms with Crippen molar-refractivity contribution in [1.29, 1.82) is 0 Å². The second-order valence-corrected chi connectivity index (χ2v) is 8.93. The highest BCUT2D eigenvalue weighted by Crippen LogP contribution is 2.60. The van der Waals surface area contributed by atoms with Crippen LogP contribution in [0.3, 0.4) is 0 Å². The van der Waals surface area contributed by atoms with Gasteiger partial charge in [0.2, 0.25) is 11.8 Å². The van der Waals surface area contributed by atoms with Gasteiger partial charge in [-0.1, -0.05) is 6.92 Å². The Kier molecular flexibility index (Phi) is 5.68. The van der Waals surface area contributed by atoms with Gasteiger partial charge in [-0.15, -0.1) is 0 Å². The third kappa shape index (κ3) is 3.61. The quantitative estimate of drug-likeness (QED) is 0.485. The number of methoxy groups -OCH3 is 2. The van der Waals surface area contributed by atoms with E-state index >= 15 is 0 Å². The van der Waals surface area contributed by atoms with E-state index in [9.17, 15) is 19.2 Å². The van der Waals surface area contributed by atoms with Crippen molar-refractivity contribution in [3.63, 3.8) is 0 Å². The van der Waals surface area contributed by atoms with Crippen LogP contribution in [0, 0.1) is 35.0 Å². The van der Waals surface area contributed by atoms with E-state index < -0.39 is 41.1 Å². The van der Waals surface area contributed by atoms with Crippen molar-refractivity contribution < 1.29 is 28.7 Å². The van der Waals surface area contributed by atoms with Crippen molar-refractivity contribution in [2.75, 3.05) is 14.2 Å². The normalized spacial score (nSPS) is 32.5. The summed E-state index contributed by atoms with van der Waals surface area (Å²) in [5.74, 6) is -3.15. The smallest absolute Gasteiger partial charge is 0.320 e. The zero-order valence-corrected chi connectivity index (χ0v) is 16.7. The van der Waals surface area contributed by atoms with Gasteiger partial charge in [-0.25, -0.2) is 0 Å². The van der Waals surface area contributed by atoms with Crippen LogP contribution in [0.1, 0.15) is 45.4 Å². The van der Waals surface area contributed by atoms with Crippen LogP contribution in [0.5, 0.6) is 0 Å². The molecule has 4 rings (SSSR count). The van der Waals surface area contributed by atoms with E-state index in [0.717, 1.165) is 33.5 Å². The number of hydrogen-bond acceptors (Lipinski definition) is 6. The van der Waals surface area contributed by atoms with Crippen LogP contribution in [0.4, 0.5) is 0 Å². The van der Waals surface area contributed by atoms with Gasteiger partial charge in [0.05, 0.1) is 14.2 Å². The molecule has 8 nitrogen and oxygen atoms in total. The Morgan fingerprint density at radius 2 is 1.36 bits per heavy atom. The van der Waals surface area contributed by atoms with Gasteiger partial charge in [-0.3, -0.25) is 19.2 Å². The minimum absolute atomic E-state index is 0.185. The first-order chi connectivity index (χ1) is 13.2. The molecule has 4 saturated carbocycles. The summed E-state index contributed by atoms with van der Waals surface area (Å²) in [7, 11) is 2.30. The highest BCUT2D eigenvalue weighted by atomic mass is 16.5.